The van der Waals surface area contributed by atoms with Gasteiger partial charge < -0.3 is 25.8 Å². The van der Waals surface area contributed by atoms with Crippen LogP contribution in [0.1, 0.15) is 0 Å². The molecule has 2 aromatic heterocycles. The van der Waals surface area contributed by atoms with E-state index >= 15 is 0 Å². The second-order valence-corrected chi connectivity index (χ2v) is 4.54. The van der Waals surface area contributed by atoms with E-state index in [1.807, 2.05) is 0 Å². The molecular formula is C10H13N5O5. The van der Waals surface area contributed by atoms with Gasteiger partial charge in [0.25, 0.3) is 5.56 Å². The van der Waals surface area contributed by atoms with Crippen LogP contribution in [0.4, 0.5) is 5.95 Å². The van der Waals surface area contributed by atoms with E-state index in [4.69, 9.17) is 10.5 Å². The van der Waals surface area contributed by atoms with E-state index in [0.717, 1.165) is 10.9 Å². The van der Waals surface area contributed by atoms with E-state index < -0.39 is 30.1 Å². The summed E-state index contributed by atoms with van der Waals surface area (Å²) in [6, 6.07) is 0. The molecule has 0 bridgehead atoms. The van der Waals surface area contributed by atoms with Crippen molar-refractivity contribution in [2.45, 2.75) is 17.9 Å². The SMILES string of the molecule is Nc1nc2c(ncn2[C@@]2(O)[C@@H](O)CO[C@@H]2CO)c(=O)[nH]1. The summed E-state index contributed by atoms with van der Waals surface area (Å²) < 4.78 is 6.21. The molecule has 0 saturated carbocycles. The average molecular weight is 283 g/mol. The number of ether oxygens (including phenoxy) is 1. The Morgan fingerprint density at radius 2 is 2.40 bits per heavy atom. The highest BCUT2D eigenvalue weighted by Gasteiger charge is 2.52. The number of aliphatic hydroxyl groups excluding tert-OH is 2. The highest BCUT2D eigenvalue weighted by molar-refractivity contribution is 5.70. The molecule has 3 atom stereocenters. The van der Waals surface area contributed by atoms with Gasteiger partial charge in [-0.05, 0) is 0 Å². The van der Waals surface area contributed by atoms with Crippen molar-refractivity contribution in [3.8, 4) is 0 Å². The Labute approximate surface area is 111 Å². The van der Waals surface area contributed by atoms with Crippen molar-refractivity contribution in [1.29, 1.82) is 0 Å². The third-order valence-electron chi connectivity index (χ3n) is 3.40. The molecule has 3 heterocycles. The first-order valence-electron chi connectivity index (χ1n) is 5.84. The van der Waals surface area contributed by atoms with E-state index in [2.05, 4.69) is 15.0 Å². The van der Waals surface area contributed by atoms with Gasteiger partial charge >= 0.3 is 0 Å². The van der Waals surface area contributed by atoms with Gasteiger partial charge in [-0.15, -0.1) is 0 Å². The molecular weight excluding hydrogens is 270 g/mol. The van der Waals surface area contributed by atoms with E-state index in [1.54, 1.807) is 0 Å². The molecule has 108 valence electrons. The van der Waals surface area contributed by atoms with Crippen LogP contribution >= 0.6 is 0 Å². The molecule has 20 heavy (non-hydrogen) atoms. The summed E-state index contributed by atoms with van der Waals surface area (Å²) in [6.07, 6.45) is -1.23. The zero-order valence-corrected chi connectivity index (χ0v) is 10.2. The number of anilines is 1. The molecule has 3 rings (SSSR count). The lowest BCUT2D eigenvalue weighted by Crippen LogP contribution is -2.50. The Morgan fingerprint density at radius 3 is 3.10 bits per heavy atom. The summed E-state index contributed by atoms with van der Waals surface area (Å²) >= 11 is 0. The van der Waals surface area contributed by atoms with Crippen LogP contribution in [0.15, 0.2) is 11.1 Å². The summed E-state index contributed by atoms with van der Waals surface area (Å²) in [6.45, 7) is -0.689. The maximum absolute atomic E-state index is 11.7. The van der Waals surface area contributed by atoms with Crippen molar-refractivity contribution in [3.05, 3.63) is 16.7 Å². The molecule has 0 aliphatic carbocycles. The molecule has 1 aliphatic rings. The van der Waals surface area contributed by atoms with Crippen LogP contribution in [-0.4, -0.2) is 60.3 Å². The molecule has 10 nitrogen and oxygen atoms in total. The number of nitrogens with one attached hydrogen (secondary N) is 1. The molecule has 0 amide bonds. The summed E-state index contributed by atoms with van der Waals surface area (Å²) in [5.74, 6) is -0.151. The van der Waals surface area contributed by atoms with Gasteiger partial charge in [0.05, 0.1) is 19.5 Å². The lowest BCUT2D eigenvalue weighted by atomic mass is 10.0. The smallest absolute Gasteiger partial charge is 0.280 e. The Hall–Kier alpha value is -2.01. The van der Waals surface area contributed by atoms with Gasteiger partial charge in [0, 0.05) is 0 Å². The van der Waals surface area contributed by atoms with E-state index in [9.17, 15) is 20.1 Å². The normalized spacial score (nSPS) is 30.1. The topological polar surface area (TPSA) is 160 Å². The highest BCUT2D eigenvalue weighted by Crippen LogP contribution is 2.33. The van der Waals surface area contributed by atoms with Gasteiger partial charge in [0.2, 0.25) is 11.7 Å². The zero-order valence-electron chi connectivity index (χ0n) is 10.2. The minimum absolute atomic E-state index is 0.00301. The Bertz CT molecular complexity index is 712. The molecule has 0 aromatic carbocycles. The number of hydrogen-bond acceptors (Lipinski definition) is 8. The molecule has 1 aliphatic heterocycles. The van der Waals surface area contributed by atoms with Gasteiger partial charge in [0.15, 0.2) is 11.2 Å². The van der Waals surface area contributed by atoms with Crippen molar-refractivity contribution in [3.63, 3.8) is 0 Å². The van der Waals surface area contributed by atoms with Crippen LogP contribution in [0.3, 0.4) is 0 Å². The van der Waals surface area contributed by atoms with Crippen molar-refractivity contribution in [1.82, 2.24) is 19.5 Å². The van der Waals surface area contributed by atoms with Crippen molar-refractivity contribution in [2.75, 3.05) is 18.9 Å². The lowest BCUT2D eigenvalue weighted by Gasteiger charge is -2.31. The van der Waals surface area contributed by atoms with E-state index in [1.165, 1.54) is 0 Å². The van der Waals surface area contributed by atoms with Gasteiger partial charge in [0.1, 0.15) is 12.2 Å². The van der Waals surface area contributed by atoms with Crippen LogP contribution in [0.25, 0.3) is 11.2 Å². The minimum Gasteiger partial charge on any atom is -0.393 e. The Kier molecular flexibility index (Phi) is 2.76. The second-order valence-electron chi connectivity index (χ2n) is 4.54. The fourth-order valence-electron chi connectivity index (χ4n) is 2.36. The fraction of sp³-hybridized carbons (Fsp3) is 0.500. The third-order valence-corrected chi connectivity index (χ3v) is 3.40. The standard InChI is InChI=1S/C10H13N5O5/c11-9-13-7-6(8(18)14-9)12-3-15(7)10(19)4(17)2-20-5(10)1-16/h3-5,16-17,19H,1-2H2,(H3,11,13,14,18)/t4-,5+,10+/m0/s1. The number of fused-ring (bicyclic) bond motifs is 1. The van der Waals surface area contributed by atoms with Gasteiger partial charge in [-0.1, -0.05) is 0 Å². The number of imidazole rings is 1. The van der Waals surface area contributed by atoms with Gasteiger partial charge in [-0.25, -0.2) is 4.98 Å². The average Bonchev–Trinajstić information content (AvgIpc) is 2.93. The number of nitrogens with two attached hydrogens (primary N) is 1. The number of aliphatic hydroxyl groups is 3. The molecule has 0 spiro atoms. The fourth-order valence-corrected chi connectivity index (χ4v) is 2.36. The van der Waals surface area contributed by atoms with Gasteiger partial charge in [-0.3, -0.25) is 14.3 Å². The highest BCUT2D eigenvalue weighted by atomic mass is 16.6. The molecule has 6 N–H and O–H groups in total. The van der Waals surface area contributed by atoms with Crippen LogP contribution in [0, 0.1) is 0 Å². The number of nitrogen functional groups attached to an aromatic ring is 1. The summed E-state index contributed by atoms with van der Waals surface area (Å²) in [5.41, 5.74) is 2.88. The second kappa shape index (κ2) is 4.24. The summed E-state index contributed by atoms with van der Waals surface area (Å²) in [5, 5.41) is 29.9. The lowest BCUT2D eigenvalue weighted by molar-refractivity contribution is -0.148. The minimum atomic E-state index is -1.98. The Morgan fingerprint density at radius 1 is 1.65 bits per heavy atom. The van der Waals surface area contributed by atoms with E-state index in [-0.39, 0.29) is 23.7 Å². The molecule has 10 heteroatoms. The van der Waals surface area contributed by atoms with Gasteiger partial charge in [-0.2, -0.15) is 4.98 Å². The largest absolute Gasteiger partial charge is 0.393 e. The number of rotatable bonds is 2. The van der Waals surface area contributed by atoms with Crippen molar-refractivity contribution < 1.29 is 20.1 Å². The Balaban J connectivity index is 2.26. The number of H-pyrrole nitrogens is 1. The predicted molar refractivity (Wildman–Crippen MR) is 65.6 cm³/mol. The maximum atomic E-state index is 11.7. The number of aromatic amines is 1. The summed E-state index contributed by atoms with van der Waals surface area (Å²) in [7, 11) is 0. The molecule has 0 unspecified atom stereocenters. The van der Waals surface area contributed by atoms with E-state index in [0.29, 0.717) is 0 Å². The first-order chi connectivity index (χ1) is 9.48. The molecule has 0 radical (unpaired) electrons. The van der Waals surface area contributed by atoms with Crippen molar-refractivity contribution >= 4 is 17.1 Å². The van der Waals surface area contributed by atoms with Crippen LogP contribution in [-0.2, 0) is 10.5 Å². The maximum Gasteiger partial charge on any atom is 0.280 e. The quantitative estimate of drug-likeness (QED) is 0.392. The zero-order chi connectivity index (χ0) is 14.5. The number of hydrogen-bond donors (Lipinski definition) is 5. The molecule has 2 aromatic rings. The van der Waals surface area contributed by atoms with Crippen LogP contribution in [0.2, 0.25) is 0 Å². The first-order valence-corrected chi connectivity index (χ1v) is 5.84. The monoisotopic (exact) mass is 283 g/mol. The van der Waals surface area contributed by atoms with Crippen LogP contribution < -0.4 is 11.3 Å². The summed E-state index contributed by atoms with van der Waals surface area (Å²) in [4.78, 5) is 21.7. The van der Waals surface area contributed by atoms with Crippen molar-refractivity contribution in [2.24, 2.45) is 0 Å². The molecule has 1 fully saturated rings. The third kappa shape index (κ3) is 1.56. The molecule has 1 saturated heterocycles. The van der Waals surface area contributed by atoms with Crippen LogP contribution in [0.5, 0.6) is 0 Å². The predicted octanol–water partition coefficient (Wildman–Crippen LogP) is -2.90. The first kappa shape index (κ1) is 13.0. The number of aromatic nitrogens is 4. The number of nitrogens with zero attached hydrogens (tertiary/aromatic N) is 3.